The molecule has 0 bridgehead atoms. The monoisotopic (exact) mass is 235 g/mol. The molecule has 0 aliphatic heterocycles. The predicted molar refractivity (Wildman–Crippen MR) is 69.1 cm³/mol. The van der Waals surface area contributed by atoms with Crippen LogP contribution in [0.5, 0.6) is 0 Å². The van der Waals surface area contributed by atoms with Crippen molar-refractivity contribution in [2.45, 2.75) is 39.0 Å². The van der Waals surface area contributed by atoms with Crippen LogP contribution in [0.2, 0.25) is 0 Å². The first kappa shape index (κ1) is 12.1. The van der Waals surface area contributed by atoms with Gasteiger partial charge in [-0.05, 0) is 24.7 Å². The zero-order valence-electron chi connectivity index (χ0n) is 10.4. The maximum absolute atomic E-state index is 11.1. The van der Waals surface area contributed by atoms with Gasteiger partial charge in [0.2, 0.25) is 0 Å². The summed E-state index contributed by atoms with van der Waals surface area (Å²) in [6.07, 6.45) is 8.31. The smallest absolute Gasteiger partial charge is 0.266 e. The van der Waals surface area contributed by atoms with Crippen LogP contribution in [0.25, 0.3) is 0 Å². The molecule has 0 atom stereocenters. The predicted octanol–water partition coefficient (Wildman–Crippen LogP) is 2.40. The number of aromatic nitrogens is 2. The molecule has 0 radical (unpaired) electrons. The SMILES string of the molecule is CCC1CCC(CNc2cn[nH]c(=O)c2)CC1. The van der Waals surface area contributed by atoms with Gasteiger partial charge in [-0.25, -0.2) is 5.10 Å². The number of nitrogens with one attached hydrogen (secondary N) is 2. The Bertz CT molecular complexity index is 394. The highest BCUT2D eigenvalue weighted by atomic mass is 16.1. The first-order valence-corrected chi connectivity index (χ1v) is 6.56. The number of rotatable bonds is 4. The first-order valence-electron chi connectivity index (χ1n) is 6.56. The van der Waals surface area contributed by atoms with Crippen molar-refractivity contribution in [3.05, 3.63) is 22.6 Å². The number of anilines is 1. The lowest BCUT2D eigenvalue weighted by Gasteiger charge is -2.28. The fourth-order valence-corrected chi connectivity index (χ4v) is 2.58. The summed E-state index contributed by atoms with van der Waals surface area (Å²) in [6, 6.07) is 1.56. The van der Waals surface area contributed by atoms with Crippen LogP contribution in [-0.2, 0) is 0 Å². The van der Waals surface area contributed by atoms with E-state index in [1.165, 1.54) is 32.1 Å². The van der Waals surface area contributed by atoms with Crippen molar-refractivity contribution < 1.29 is 0 Å². The standard InChI is InChI=1S/C13H21N3O/c1-2-10-3-5-11(6-4-10)8-14-12-7-13(17)16-15-9-12/h7,9-11H,2-6,8H2,1H3,(H2,14,16,17). The molecule has 4 heteroatoms. The number of hydrogen-bond acceptors (Lipinski definition) is 3. The zero-order chi connectivity index (χ0) is 12.1. The summed E-state index contributed by atoms with van der Waals surface area (Å²) >= 11 is 0. The molecule has 1 aromatic heterocycles. The number of hydrogen-bond donors (Lipinski definition) is 2. The maximum atomic E-state index is 11.1. The highest BCUT2D eigenvalue weighted by Gasteiger charge is 2.19. The van der Waals surface area contributed by atoms with E-state index in [1.807, 2.05) is 0 Å². The Balaban J connectivity index is 1.78. The Labute approximate surface area is 102 Å². The van der Waals surface area contributed by atoms with Crippen LogP contribution < -0.4 is 10.9 Å². The molecule has 4 nitrogen and oxygen atoms in total. The molecular formula is C13H21N3O. The molecule has 1 saturated carbocycles. The average molecular weight is 235 g/mol. The molecule has 2 rings (SSSR count). The van der Waals surface area contributed by atoms with Gasteiger partial charge in [-0.15, -0.1) is 0 Å². The van der Waals surface area contributed by atoms with Gasteiger partial charge in [-0.1, -0.05) is 26.2 Å². The Morgan fingerprint density at radius 1 is 1.35 bits per heavy atom. The molecular weight excluding hydrogens is 214 g/mol. The van der Waals surface area contributed by atoms with E-state index in [-0.39, 0.29) is 5.56 Å². The summed E-state index contributed by atoms with van der Waals surface area (Å²) in [7, 11) is 0. The molecule has 1 aromatic rings. The lowest BCUT2D eigenvalue weighted by molar-refractivity contribution is 0.278. The molecule has 94 valence electrons. The molecule has 1 aliphatic carbocycles. The molecule has 1 fully saturated rings. The van der Waals surface area contributed by atoms with Crippen molar-refractivity contribution in [1.82, 2.24) is 10.2 Å². The van der Waals surface area contributed by atoms with Gasteiger partial charge in [-0.2, -0.15) is 5.10 Å². The Morgan fingerprint density at radius 2 is 2.06 bits per heavy atom. The highest BCUT2D eigenvalue weighted by molar-refractivity contribution is 5.38. The minimum atomic E-state index is -0.148. The van der Waals surface area contributed by atoms with E-state index in [4.69, 9.17) is 0 Å². The van der Waals surface area contributed by atoms with Crippen molar-refractivity contribution in [2.75, 3.05) is 11.9 Å². The van der Waals surface area contributed by atoms with E-state index in [2.05, 4.69) is 22.4 Å². The van der Waals surface area contributed by atoms with Crippen molar-refractivity contribution in [1.29, 1.82) is 0 Å². The molecule has 0 aromatic carbocycles. The molecule has 2 N–H and O–H groups in total. The summed E-state index contributed by atoms with van der Waals surface area (Å²) < 4.78 is 0. The summed E-state index contributed by atoms with van der Waals surface area (Å²) in [5, 5.41) is 9.46. The Morgan fingerprint density at radius 3 is 2.71 bits per heavy atom. The topological polar surface area (TPSA) is 57.8 Å². The van der Waals surface area contributed by atoms with Gasteiger partial charge in [0.25, 0.3) is 5.56 Å². The van der Waals surface area contributed by atoms with Gasteiger partial charge in [-0.3, -0.25) is 4.79 Å². The van der Waals surface area contributed by atoms with E-state index in [9.17, 15) is 4.79 Å². The first-order chi connectivity index (χ1) is 8.28. The molecule has 0 unspecified atom stereocenters. The molecule has 0 spiro atoms. The number of nitrogens with zero attached hydrogens (tertiary/aromatic N) is 1. The molecule has 0 saturated heterocycles. The lowest BCUT2D eigenvalue weighted by atomic mass is 9.81. The summed E-state index contributed by atoms with van der Waals surface area (Å²) in [6.45, 7) is 3.24. The second kappa shape index (κ2) is 5.84. The summed E-state index contributed by atoms with van der Waals surface area (Å²) in [5.41, 5.74) is 0.677. The second-order valence-electron chi connectivity index (χ2n) is 5.01. The quantitative estimate of drug-likeness (QED) is 0.842. The molecule has 17 heavy (non-hydrogen) atoms. The minimum absolute atomic E-state index is 0.148. The van der Waals surface area contributed by atoms with Gasteiger partial charge in [0.05, 0.1) is 11.9 Å². The average Bonchev–Trinajstić information content (AvgIpc) is 2.37. The maximum Gasteiger partial charge on any atom is 0.266 e. The third kappa shape index (κ3) is 3.58. The van der Waals surface area contributed by atoms with Gasteiger partial charge in [0.15, 0.2) is 0 Å². The largest absolute Gasteiger partial charge is 0.383 e. The third-order valence-corrected chi connectivity index (χ3v) is 3.80. The van der Waals surface area contributed by atoms with Crippen LogP contribution in [0.3, 0.4) is 0 Å². The van der Waals surface area contributed by atoms with Gasteiger partial charge in [0, 0.05) is 12.6 Å². The van der Waals surface area contributed by atoms with E-state index in [0.717, 1.165) is 24.1 Å². The van der Waals surface area contributed by atoms with Crippen molar-refractivity contribution >= 4 is 5.69 Å². The van der Waals surface area contributed by atoms with Gasteiger partial charge < -0.3 is 5.32 Å². The summed E-state index contributed by atoms with van der Waals surface area (Å²) in [4.78, 5) is 11.1. The molecule has 1 heterocycles. The molecule has 0 amide bonds. The molecule has 1 aliphatic rings. The van der Waals surface area contributed by atoms with Crippen LogP contribution in [0, 0.1) is 11.8 Å². The second-order valence-corrected chi connectivity index (χ2v) is 5.01. The Hall–Kier alpha value is -1.32. The lowest BCUT2D eigenvalue weighted by Crippen LogP contribution is -2.21. The van der Waals surface area contributed by atoms with Crippen LogP contribution in [0.1, 0.15) is 39.0 Å². The number of H-pyrrole nitrogens is 1. The zero-order valence-corrected chi connectivity index (χ0v) is 10.4. The summed E-state index contributed by atoms with van der Waals surface area (Å²) in [5.74, 6) is 1.68. The minimum Gasteiger partial charge on any atom is -0.383 e. The highest BCUT2D eigenvalue weighted by Crippen LogP contribution is 2.30. The normalized spacial score (nSPS) is 24.5. The van der Waals surface area contributed by atoms with Crippen molar-refractivity contribution in [3.63, 3.8) is 0 Å². The van der Waals surface area contributed by atoms with Crippen molar-refractivity contribution in [2.24, 2.45) is 11.8 Å². The van der Waals surface area contributed by atoms with Crippen LogP contribution >= 0.6 is 0 Å². The Kier molecular flexibility index (Phi) is 4.18. The van der Waals surface area contributed by atoms with Crippen LogP contribution in [-0.4, -0.2) is 16.7 Å². The van der Waals surface area contributed by atoms with Gasteiger partial charge in [0.1, 0.15) is 0 Å². The van der Waals surface area contributed by atoms with E-state index >= 15 is 0 Å². The van der Waals surface area contributed by atoms with E-state index in [0.29, 0.717) is 0 Å². The third-order valence-electron chi connectivity index (χ3n) is 3.80. The fraction of sp³-hybridized carbons (Fsp3) is 0.692. The van der Waals surface area contributed by atoms with Crippen molar-refractivity contribution in [3.8, 4) is 0 Å². The van der Waals surface area contributed by atoms with Crippen LogP contribution in [0.4, 0.5) is 5.69 Å². The fourth-order valence-electron chi connectivity index (χ4n) is 2.58. The van der Waals surface area contributed by atoms with E-state index in [1.54, 1.807) is 12.3 Å². The number of aromatic amines is 1. The van der Waals surface area contributed by atoms with Crippen LogP contribution in [0.15, 0.2) is 17.1 Å². The van der Waals surface area contributed by atoms with E-state index < -0.39 is 0 Å². The van der Waals surface area contributed by atoms with Gasteiger partial charge >= 0.3 is 0 Å².